The molecule has 1 aromatic heterocycles. The van der Waals surface area contributed by atoms with Gasteiger partial charge in [-0.05, 0) is 11.6 Å². The van der Waals surface area contributed by atoms with E-state index in [0.29, 0.717) is 10.7 Å². The normalized spacial score (nSPS) is 9.19. The molecule has 16 heavy (non-hydrogen) atoms. The van der Waals surface area contributed by atoms with Gasteiger partial charge < -0.3 is 5.73 Å². The zero-order chi connectivity index (χ0) is 10.7. The summed E-state index contributed by atoms with van der Waals surface area (Å²) >= 11 is 1.46. The fraction of sp³-hybridized carbons (Fsp3) is 0.0909. The molecule has 0 saturated heterocycles. The van der Waals surface area contributed by atoms with E-state index >= 15 is 0 Å². The van der Waals surface area contributed by atoms with Gasteiger partial charge in [-0.25, -0.2) is 4.98 Å². The molecule has 0 unspecified atom stereocenters. The van der Waals surface area contributed by atoms with Crippen LogP contribution in [0.15, 0.2) is 30.5 Å². The Hall–Kier alpha value is -1.57. The van der Waals surface area contributed by atoms with Gasteiger partial charge in [-0.15, -0.1) is 23.7 Å². The minimum absolute atomic E-state index is 0. The number of anilines is 1. The zero-order valence-electron chi connectivity index (χ0n) is 8.38. The summed E-state index contributed by atoms with van der Waals surface area (Å²) in [5, 5.41) is 9.48. The van der Waals surface area contributed by atoms with Crippen molar-refractivity contribution < 1.29 is 0 Å². The SMILES string of the molecule is Cl.N#Cc1ccccc1Cc1cnc(N)s1. The van der Waals surface area contributed by atoms with Crippen LogP contribution in [0.2, 0.25) is 0 Å². The highest BCUT2D eigenvalue weighted by molar-refractivity contribution is 7.15. The second-order valence-electron chi connectivity index (χ2n) is 3.11. The molecule has 0 radical (unpaired) electrons. The smallest absolute Gasteiger partial charge is 0.180 e. The maximum Gasteiger partial charge on any atom is 0.180 e. The van der Waals surface area contributed by atoms with E-state index in [-0.39, 0.29) is 12.4 Å². The Labute approximate surface area is 104 Å². The lowest BCUT2D eigenvalue weighted by Crippen LogP contribution is -1.89. The van der Waals surface area contributed by atoms with E-state index in [1.165, 1.54) is 11.3 Å². The third kappa shape index (κ3) is 2.72. The van der Waals surface area contributed by atoms with Gasteiger partial charge in [0.05, 0.1) is 11.6 Å². The van der Waals surface area contributed by atoms with Crippen molar-refractivity contribution in [3.05, 3.63) is 46.5 Å². The summed E-state index contributed by atoms with van der Waals surface area (Å²) in [6, 6.07) is 9.74. The van der Waals surface area contributed by atoms with Crippen LogP contribution in [0, 0.1) is 11.3 Å². The van der Waals surface area contributed by atoms with Crippen molar-refractivity contribution in [2.75, 3.05) is 5.73 Å². The lowest BCUT2D eigenvalue weighted by Gasteiger charge is -2.00. The number of nitriles is 1. The summed E-state index contributed by atoms with van der Waals surface area (Å²) in [4.78, 5) is 5.06. The van der Waals surface area contributed by atoms with Crippen LogP contribution < -0.4 is 5.73 Å². The highest BCUT2D eigenvalue weighted by Crippen LogP contribution is 2.20. The van der Waals surface area contributed by atoms with Crippen molar-refractivity contribution in [1.82, 2.24) is 4.98 Å². The molecule has 0 aliphatic carbocycles. The minimum atomic E-state index is 0. The lowest BCUT2D eigenvalue weighted by atomic mass is 10.1. The maximum absolute atomic E-state index is 8.91. The predicted octanol–water partition coefficient (Wildman–Crippen LogP) is 2.61. The number of rotatable bonds is 2. The number of aromatic nitrogens is 1. The Bertz CT molecular complexity index is 516. The van der Waals surface area contributed by atoms with Crippen LogP contribution in [-0.4, -0.2) is 4.98 Å². The second kappa shape index (κ2) is 5.50. The summed E-state index contributed by atoms with van der Waals surface area (Å²) < 4.78 is 0. The zero-order valence-corrected chi connectivity index (χ0v) is 10.0. The summed E-state index contributed by atoms with van der Waals surface area (Å²) in [5.74, 6) is 0. The van der Waals surface area contributed by atoms with E-state index in [1.807, 2.05) is 24.3 Å². The highest BCUT2D eigenvalue weighted by atomic mass is 35.5. The van der Waals surface area contributed by atoms with Crippen molar-refractivity contribution in [2.24, 2.45) is 0 Å². The number of nitrogens with zero attached hydrogens (tertiary/aromatic N) is 2. The van der Waals surface area contributed by atoms with Gasteiger partial charge in [0.2, 0.25) is 0 Å². The first-order valence-corrected chi connectivity index (χ1v) is 5.29. The Morgan fingerprint density at radius 3 is 2.75 bits per heavy atom. The molecule has 0 amide bonds. The Balaban J connectivity index is 0.00000128. The third-order valence-electron chi connectivity index (χ3n) is 2.07. The third-order valence-corrected chi connectivity index (χ3v) is 2.90. The fourth-order valence-electron chi connectivity index (χ4n) is 1.38. The van der Waals surface area contributed by atoms with Gasteiger partial charge in [-0.3, -0.25) is 0 Å². The maximum atomic E-state index is 8.91. The number of hydrogen-bond donors (Lipinski definition) is 1. The summed E-state index contributed by atoms with van der Waals surface area (Å²) in [6.07, 6.45) is 2.48. The summed E-state index contributed by atoms with van der Waals surface area (Å²) in [7, 11) is 0. The number of nitrogen functional groups attached to an aromatic ring is 1. The first kappa shape index (κ1) is 12.5. The van der Waals surface area contributed by atoms with Crippen molar-refractivity contribution in [2.45, 2.75) is 6.42 Å². The van der Waals surface area contributed by atoms with Gasteiger partial charge in [0, 0.05) is 17.5 Å². The molecule has 0 spiro atoms. The molecule has 3 nitrogen and oxygen atoms in total. The van der Waals surface area contributed by atoms with E-state index in [1.54, 1.807) is 6.20 Å². The van der Waals surface area contributed by atoms with E-state index in [2.05, 4.69) is 11.1 Å². The number of halogens is 1. The molecule has 2 aromatic rings. The monoisotopic (exact) mass is 251 g/mol. The number of hydrogen-bond acceptors (Lipinski definition) is 4. The topological polar surface area (TPSA) is 62.7 Å². The molecular weight excluding hydrogens is 242 g/mol. The summed E-state index contributed by atoms with van der Waals surface area (Å²) in [6.45, 7) is 0. The second-order valence-corrected chi connectivity index (χ2v) is 4.26. The molecule has 0 bridgehead atoms. The Kier molecular flexibility index (Phi) is 4.29. The number of benzene rings is 1. The standard InChI is InChI=1S/C11H9N3S.ClH/c12-6-9-4-2-1-3-8(9)5-10-7-14-11(13)15-10;/h1-4,7H,5H2,(H2,13,14);1H. The molecular formula is C11H10ClN3S. The molecule has 82 valence electrons. The minimum Gasteiger partial charge on any atom is -0.375 e. The Morgan fingerprint density at radius 1 is 1.38 bits per heavy atom. The average Bonchev–Trinajstić information content (AvgIpc) is 2.65. The highest BCUT2D eigenvalue weighted by Gasteiger charge is 2.04. The first-order chi connectivity index (χ1) is 7.29. The van der Waals surface area contributed by atoms with Crippen LogP contribution in [0.3, 0.4) is 0 Å². The number of thiazole rings is 1. The van der Waals surface area contributed by atoms with Gasteiger partial charge in [-0.1, -0.05) is 18.2 Å². The van der Waals surface area contributed by atoms with Gasteiger partial charge >= 0.3 is 0 Å². The molecule has 0 fully saturated rings. The van der Waals surface area contributed by atoms with Crippen molar-refractivity contribution >= 4 is 28.9 Å². The predicted molar refractivity (Wildman–Crippen MR) is 67.7 cm³/mol. The van der Waals surface area contributed by atoms with E-state index in [4.69, 9.17) is 11.0 Å². The Morgan fingerprint density at radius 2 is 2.12 bits per heavy atom. The van der Waals surface area contributed by atoms with Crippen molar-refractivity contribution in [3.8, 4) is 6.07 Å². The molecule has 1 heterocycles. The fourth-order valence-corrected chi connectivity index (χ4v) is 2.08. The number of nitrogens with two attached hydrogens (primary N) is 1. The van der Waals surface area contributed by atoms with Gasteiger partial charge in [0.25, 0.3) is 0 Å². The van der Waals surface area contributed by atoms with Crippen molar-refractivity contribution in [1.29, 1.82) is 5.26 Å². The van der Waals surface area contributed by atoms with E-state index < -0.39 is 0 Å². The quantitative estimate of drug-likeness (QED) is 0.892. The van der Waals surface area contributed by atoms with E-state index in [9.17, 15) is 0 Å². The van der Waals surface area contributed by atoms with Gasteiger partial charge in [0.15, 0.2) is 5.13 Å². The van der Waals surface area contributed by atoms with Gasteiger partial charge in [0.1, 0.15) is 0 Å². The molecule has 2 N–H and O–H groups in total. The molecule has 0 atom stereocenters. The van der Waals surface area contributed by atoms with Crippen molar-refractivity contribution in [3.63, 3.8) is 0 Å². The van der Waals surface area contributed by atoms with Crippen LogP contribution in [0.25, 0.3) is 0 Å². The van der Waals surface area contributed by atoms with Crippen LogP contribution in [0.5, 0.6) is 0 Å². The van der Waals surface area contributed by atoms with Crippen LogP contribution in [-0.2, 0) is 6.42 Å². The van der Waals surface area contributed by atoms with E-state index in [0.717, 1.165) is 16.9 Å². The van der Waals surface area contributed by atoms with Crippen LogP contribution in [0.1, 0.15) is 16.0 Å². The molecule has 0 saturated carbocycles. The molecule has 5 heteroatoms. The average molecular weight is 252 g/mol. The molecule has 0 aliphatic rings. The lowest BCUT2D eigenvalue weighted by molar-refractivity contribution is 1.20. The largest absolute Gasteiger partial charge is 0.375 e. The molecule has 2 rings (SSSR count). The first-order valence-electron chi connectivity index (χ1n) is 4.48. The van der Waals surface area contributed by atoms with Crippen LogP contribution in [0.4, 0.5) is 5.13 Å². The molecule has 1 aromatic carbocycles. The molecule has 0 aliphatic heterocycles. The van der Waals surface area contributed by atoms with Crippen LogP contribution >= 0.6 is 23.7 Å². The summed E-state index contributed by atoms with van der Waals surface area (Å²) in [5.41, 5.74) is 7.27. The van der Waals surface area contributed by atoms with Gasteiger partial charge in [-0.2, -0.15) is 5.26 Å².